The van der Waals surface area contributed by atoms with Crippen LogP contribution in [0, 0.1) is 17.1 Å². The van der Waals surface area contributed by atoms with Crippen molar-refractivity contribution in [2.75, 3.05) is 17.2 Å². The van der Waals surface area contributed by atoms with Crippen LogP contribution in [0.1, 0.15) is 6.42 Å². The number of halogens is 1. The van der Waals surface area contributed by atoms with Gasteiger partial charge in [-0.3, -0.25) is 4.79 Å². The Morgan fingerprint density at radius 1 is 1.19 bits per heavy atom. The molecule has 0 spiro atoms. The molecule has 0 fully saturated rings. The fourth-order valence-electron chi connectivity index (χ4n) is 2.42. The lowest BCUT2D eigenvalue weighted by Gasteiger charge is -2.22. The average molecular weight is 382 g/mol. The van der Waals surface area contributed by atoms with Gasteiger partial charge in [-0.25, -0.2) is 4.39 Å². The Bertz CT molecular complexity index is 956. The standard InChI is InChI=1S/C18H15FN6OS/c19-15-9-4-5-10-16(15)24(12-6-11-20)17(26)13-27-18-21-22-23-25(18)14-7-2-1-3-8-14/h1-5,7-10H,6,12-13H2. The van der Waals surface area contributed by atoms with E-state index in [0.717, 1.165) is 17.4 Å². The SMILES string of the molecule is N#CCCN(C(=O)CSc1nnnn1-c1ccccc1)c1ccccc1F. The van der Waals surface area contributed by atoms with Crippen LogP contribution < -0.4 is 4.90 Å². The number of nitrogens with zero attached hydrogens (tertiary/aromatic N) is 6. The third-order valence-electron chi connectivity index (χ3n) is 3.66. The molecule has 1 heterocycles. The highest BCUT2D eigenvalue weighted by Gasteiger charge is 2.20. The zero-order valence-corrected chi connectivity index (χ0v) is 15.0. The molecule has 7 nitrogen and oxygen atoms in total. The van der Waals surface area contributed by atoms with Crippen LogP contribution in [0.25, 0.3) is 5.69 Å². The lowest BCUT2D eigenvalue weighted by Crippen LogP contribution is -2.34. The van der Waals surface area contributed by atoms with E-state index in [1.54, 1.807) is 12.1 Å². The number of tetrazole rings is 1. The van der Waals surface area contributed by atoms with E-state index in [2.05, 4.69) is 15.5 Å². The predicted molar refractivity (Wildman–Crippen MR) is 98.9 cm³/mol. The predicted octanol–water partition coefficient (Wildman–Crippen LogP) is 2.84. The maximum Gasteiger partial charge on any atom is 0.237 e. The topological polar surface area (TPSA) is 87.7 Å². The largest absolute Gasteiger partial charge is 0.308 e. The van der Waals surface area contributed by atoms with Crippen molar-refractivity contribution in [3.05, 3.63) is 60.4 Å². The molecular formula is C18H15FN6OS. The van der Waals surface area contributed by atoms with E-state index >= 15 is 0 Å². The maximum atomic E-state index is 14.1. The Labute approximate surface area is 159 Å². The van der Waals surface area contributed by atoms with Gasteiger partial charge in [0.15, 0.2) is 0 Å². The van der Waals surface area contributed by atoms with E-state index in [0.29, 0.717) is 5.16 Å². The Balaban J connectivity index is 1.75. The van der Waals surface area contributed by atoms with E-state index in [1.165, 1.54) is 21.7 Å². The van der Waals surface area contributed by atoms with E-state index < -0.39 is 5.82 Å². The first kappa shape index (κ1) is 18.5. The number of benzene rings is 2. The number of para-hydroxylation sites is 2. The van der Waals surface area contributed by atoms with Gasteiger partial charge in [0.2, 0.25) is 11.1 Å². The van der Waals surface area contributed by atoms with Crippen molar-refractivity contribution in [1.29, 1.82) is 5.26 Å². The number of nitriles is 1. The van der Waals surface area contributed by atoms with Crippen molar-refractivity contribution in [3.63, 3.8) is 0 Å². The quantitative estimate of drug-likeness (QED) is 0.584. The molecule has 0 aliphatic heterocycles. The number of hydrogen-bond acceptors (Lipinski definition) is 6. The van der Waals surface area contributed by atoms with Crippen molar-refractivity contribution in [2.24, 2.45) is 0 Å². The van der Waals surface area contributed by atoms with Gasteiger partial charge in [-0.05, 0) is 34.7 Å². The fourth-order valence-corrected chi connectivity index (χ4v) is 3.18. The van der Waals surface area contributed by atoms with Gasteiger partial charge >= 0.3 is 0 Å². The molecule has 2 aromatic carbocycles. The summed E-state index contributed by atoms with van der Waals surface area (Å²) in [5.74, 6) is -0.835. The number of aromatic nitrogens is 4. The second-order valence-electron chi connectivity index (χ2n) is 5.40. The Kier molecular flexibility index (Phi) is 6.12. The number of thioether (sulfide) groups is 1. The minimum Gasteiger partial charge on any atom is -0.308 e. The number of amides is 1. The van der Waals surface area contributed by atoms with Crippen molar-refractivity contribution in [3.8, 4) is 11.8 Å². The highest BCUT2D eigenvalue weighted by Crippen LogP contribution is 2.23. The zero-order valence-electron chi connectivity index (χ0n) is 14.2. The minimum absolute atomic E-state index is 0.00691. The average Bonchev–Trinajstić information content (AvgIpc) is 3.17. The van der Waals surface area contributed by atoms with Crippen LogP contribution >= 0.6 is 11.8 Å². The van der Waals surface area contributed by atoms with Crippen LogP contribution in [0.5, 0.6) is 0 Å². The van der Waals surface area contributed by atoms with Crippen molar-refractivity contribution >= 4 is 23.4 Å². The minimum atomic E-state index is -0.511. The number of anilines is 1. The summed E-state index contributed by atoms with van der Waals surface area (Å²) in [6.07, 6.45) is 0.104. The lowest BCUT2D eigenvalue weighted by molar-refractivity contribution is -0.116. The van der Waals surface area contributed by atoms with E-state index in [4.69, 9.17) is 5.26 Å². The summed E-state index contributed by atoms with van der Waals surface area (Å²) in [6.45, 7) is 0.112. The first-order valence-electron chi connectivity index (χ1n) is 8.09. The number of rotatable bonds is 7. The summed E-state index contributed by atoms with van der Waals surface area (Å²) in [5.41, 5.74) is 0.925. The van der Waals surface area contributed by atoms with Crippen LogP contribution in [-0.2, 0) is 4.79 Å². The molecule has 0 radical (unpaired) electrons. The summed E-state index contributed by atoms with van der Waals surface area (Å²) in [7, 11) is 0. The van der Waals surface area contributed by atoms with Gasteiger partial charge < -0.3 is 4.90 Å². The number of carbonyl (C=O) groups excluding carboxylic acids is 1. The molecule has 1 amide bonds. The molecule has 0 unspecified atom stereocenters. The molecule has 0 saturated carbocycles. The molecule has 0 aliphatic carbocycles. The first-order valence-corrected chi connectivity index (χ1v) is 9.07. The monoisotopic (exact) mass is 382 g/mol. The molecule has 3 aromatic rings. The van der Waals surface area contributed by atoms with E-state index in [-0.39, 0.29) is 30.3 Å². The summed E-state index contributed by atoms with van der Waals surface area (Å²) in [6, 6.07) is 17.3. The van der Waals surface area contributed by atoms with Gasteiger partial charge in [0.25, 0.3) is 0 Å². The molecule has 0 bridgehead atoms. The van der Waals surface area contributed by atoms with Crippen LogP contribution in [-0.4, -0.2) is 38.4 Å². The van der Waals surface area contributed by atoms with Gasteiger partial charge in [-0.1, -0.05) is 42.1 Å². The first-order chi connectivity index (χ1) is 13.2. The van der Waals surface area contributed by atoms with Gasteiger partial charge in [0.1, 0.15) is 5.82 Å². The number of hydrogen-bond donors (Lipinski definition) is 0. The Morgan fingerprint density at radius 2 is 1.93 bits per heavy atom. The molecule has 0 aliphatic rings. The van der Waals surface area contributed by atoms with Gasteiger partial charge in [0, 0.05) is 6.54 Å². The third-order valence-corrected chi connectivity index (χ3v) is 4.56. The van der Waals surface area contributed by atoms with Crippen LogP contribution in [0.4, 0.5) is 10.1 Å². The molecule has 0 saturated heterocycles. The van der Waals surface area contributed by atoms with E-state index in [9.17, 15) is 9.18 Å². The second-order valence-corrected chi connectivity index (χ2v) is 6.34. The molecular weight excluding hydrogens is 367 g/mol. The van der Waals surface area contributed by atoms with Gasteiger partial charge in [-0.15, -0.1) is 5.10 Å². The summed E-state index contributed by atoms with van der Waals surface area (Å²) in [4.78, 5) is 14.0. The number of carbonyl (C=O) groups is 1. The summed E-state index contributed by atoms with van der Waals surface area (Å²) in [5, 5.41) is 20.8. The van der Waals surface area contributed by atoms with Crippen LogP contribution in [0.15, 0.2) is 59.8 Å². The maximum absolute atomic E-state index is 14.1. The molecule has 3 rings (SSSR count). The fraction of sp³-hybridized carbons (Fsp3) is 0.167. The summed E-state index contributed by atoms with van der Waals surface area (Å²) < 4.78 is 15.6. The molecule has 0 N–H and O–H groups in total. The summed E-state index contributed by atoms with van der Waals surface area (Å²) >= 11 is 1.15. The van der Waals surface area contributed by atoms with Crippen LogP contribution in [0.2, 0.25) is 0 Å². The zero-order chi connectivity index (χ0) is 19.1. The normalized spacial score (nSPS) is 10.4. The van der Waals surface area contributed by atoms with Crippen molar-refractivity contribution < 1.29 is 9.18 Å². The Hall–Kier alpha value is -3.25. The van der Waals surface area contributed by atoms with Crippen molar-refractivity contribution in [1.82, 2.24) is 20.2 Å². The van der Waals surface area contributed by atoms with E-state index in [1.807, 2.05) is 36.4 Å². The molecule has 9 heteroatoms. The molecule has 0 atom stereocenters. The third kappa shape index (κ3) is 4.48. The van der Waals surface area contributed by atoms with Crippen LogP contribution in [0.3, 0.4) is 0 Å². The van der Waals surface area contributed by atoms with Gasteiger partial charge in [-0.2, -0.15) is 9.94 Å². The molecule has 1 aromatic heterocycles. The lowest BCUT2D eigenvalue weighted by atomic mass is 10.2. The highest BCUT2D eigenvalue weighted by molar-refractivity contribution is 7.99. The molecule has 136 valence electrons. The van der Waals surface area contributed by atoms with Gasteiger partial charge in [0.05, 0.1) is 29.6 Å². The highest BCUT2D eigenvalue weighted by atomic mass is 32.2. The smallest absolute Gasteiger partial charge is 0.237 e. The second kappa shape index (κ2) is 8.91. The molecule has 27 heavy (non-hydrogen) atoms. The Morgan fingerprint density at radius 3 is 2.67 bits per heavy atom. The van der Waals surface area contributed by atoms with Crippen molar-refractivity contribution in [2.45, 2.75) is 11.6 Å².